The Morgan fingerprint density at radius 1 is 1.14 bits per heavy atom. The van der Waals surface area contributed by atoms with Gasteiger partial charge >= 0.3 is 0 Å². The average Bonchev–Trinajstić information content (AvgIpc) is 2.02. The van der Waals surface area contributed by atoms with Crippen LogP contribution in [0.5, 0.6) is 0 Å². The third-order valence-electron chi connectivity index (χ3n) is 2.89. The molecule has 0 atom stereocenters. The van der Waals surface area contributed by atoms with Crippen LogP contribution in [0.2, 0.25) is 0 Å². The van der Waals surface area contributed by atoms with Crippen molar-refractivity contribution in [3.8, 4) is 0 Å². The molecule has 0 heterocycles. The summed E-state index contributed by atoms with van der Waals surface area (Å²) in [6, 6.07) is 0.660. The van der Waals surface area contributed by atoms with Crippen molar-refractivity contribution in [3.63, 3.8) is 0 Å². The molecular formula is C11H27N2O+. The summed E-state index contributed by atoms with van der Waals surface area (Å²) >= 11 is 0. The minimum Gasteiger partial charge on any atom is -0.374 e. The number of hydrogen-bond donors (Lipinski definition) is 0. The highest BCUT2D eigenvalue weighted by molar-refractivity contribution is 4.43. The summed E-state index contributed by atoms with van der Waals surface area (Å²) in [4.78, 5) is 2.14. The van der Waals surface area contributed by atoms with Crippen LogP contribution in [-0.4, -0.2) is 69.9 Å². The molecule has 3 nitrogen and oxygen atoms in total. The van der Waals surface area contributed by atoms with E-state index in [0.29, 0.717) is 6.04 Å². The third kappa shape index (κ3) is 6.35. The highest BCUT2D eigenvalue weighted by Crippen LogP contribution is 2.04. The van der Waals surface area contributed by atoms with Gasteiger partial charge in [0.25, 0.3) is 0 Å². The molecule has 0 spiro atoms. The van der Waals surface area contributed by atoms with Crippen LogP contribution >= 0.6 is 0 Å². The number of ether oxygens (including phenoxy) is 1. The number of hydrogen-bond acceptors (Lipinski definition) is 2. The topological polar surface area (TPSA) is 12.5 Å². The van der Waals surface area contributed by atoms with Gasteiger partial charge in [-0.1, -0.05) is 0 Å². The zero-order valence-corrected chi connectivity index (χ0v) is 10.7. The smallest absolute Gasteiger partial charge is 0.102 e. The first kappa shape index (κ1) is 13.9. The summed E-state index contributed by atoms with van der Waals surface area (Å²) in [5, 5.41) is 0. The SMILES string of the molecule is CC(C)[N+](C)(C)CCOCCN(C)C. The second-order valence-corrected chi connectivity index (χ2v) is 5.01. The van der Waals surface area contributed by atoms with Gasteiger partial charge in [-0.15, -0.1) is 0 Å². The minimum absolute atomic E-state index is 0.660. The fourth-order valence-electron chi connectivity index (χ4n) is 0.907. The Hall–Kier alpha value is -0.120. The normalized spacial score (nSPS) is 12.9. The van der Waals surface area contributed by atoms with Crippen molar-refractivity contribution in [1.82, 2.24) is 4.90 Å². The Labute approximate surface area is 89.2 Å². The highest BCUT2D eigenvalue weighted by atomic mass is 16.5. The van der Waals surface area contributed by atoms with Crippen molar-refractivity contribution in [2.45, 2.75) is 19.9 Å². The fourth-order valence-corrected chi connectivity index (χ4v) is 0.907. The van der Waals surface area contributed by atoms with E-state index in [0.717, 1.165) is 30.8 Å². The molecule has 0 aliphatic rings. The second kappa shape index (κ2) is 6.38. The van der Waals surface area contributed by atoms with Crippen LogP contribution in [0.3, 0.4) is 0 Å². The molecule has 0 aliphatic carbocycles. The van der Waals surface area contributed by atoms with E-state index >= 15 is 0 Å². The van der Waals surface area contributed by atoms with Gasteiger partial charge in [0.15, 0.2) is 0 Å². The van der Waals surface area contributed by atoms with Crippen LogP contribution < -0.4 is 0 Å². The lowest BCUT2D eigenvalue weighted by atomic mass is 10.3. The molecule has 0 saturated heterocycles. The molecule has 14 heavy (non-hydrogen) atoms. The van der Waals surface area contributed by atoms with Crippen molar-refractivity contribution in [3.05, 3.63) is 0 Å². The van der Waals surface area contributed by atoms with E-state index in [1.807, 2.05) is 0 Å². The molecule has 0 rings (SSSR count). The molecule has 0 saturated carbocycles. The van der Waals surface area contributed by atoms with Crippen LogP contribution in [0.25, 0.3) is 0 Å². The Balaban J connectivity index is 3.45. The van der Waals surface area contributed by atoms with Gasteiger partial charge in [0.1, 0.15) is 6.54 Å². The molecule has 0 radical (unpaired) electrons. The van der Waals surface area contributed by atoms with Crippen LogP contribution in [0, 0.1) is 0 Å². The highest BCUT2D eigenvalue weighted by Gasteiger charge is 2.18. The van der Waals surface area contributed by atoms with Crippen molar-refractivity contribution in [1.29, 1.82) is 0 Å². The Bertz CT molecular complexity index is 144. The summed E-state index contributed by atoms with van der Waals surface area (Å²) < 4.78 is 6.60. The van der Waals surface area contributed by atoms with E-state index in [1.54, 1.807) is 0 Å². The molecule has 0 amide bonds. The van der Waals surface area contributed by atoms with Gasteiger partial charge in [0.2, 0.25) is 0 Å². The summed E-state index contributed by atoms with van der Waals surface area (Å²) in [5.74, 6) is 0. The van der Waals surface area contributed by atoms with E-state index < -0.39 is 0 Å². The molecule has 0 N–H and O–H groups in total. The van der Waals surface area contributed by atoms with E-state index in [1.165, 1.54) is 0 Å². The molecule has 0 unspecified atom stereocenters. The Kier molecular flexibility index (Phi) is 6.33. The summed E-state index contributed by atoms with van der Waals surface area (Å²) in [7, 11) is 8.63. The Morgan fingerprint density at radius 2 is 1.71 bits per heavy atom. The first-order valence-corrected chi connectivity index (χ1v) is 5.41. The third-order valence-corrected chi connectivity index (χ3v) is 2.89. The van der Waals surface area contributed by atoms with E-state index in [-0.39, 0.29) is 0 Å². The predicted octanol–water partition coefficient (Wildman–Crippen LogP) is 1.05. The standard InChI is InChI=1S/C11H27N2O/c1-11(2)13(5,6)8-10-14-9-7-12(3)4/h11H,7-10H2,1-6H3/q+1. The van der Waals surface area contributed by atoms with Gasteiger partial charge in [-0.3, -0.25) is 0 Å². The first-order chi connectivity index (χ1) is 6.36. The lowest BCUT2D eigenvalue weighted by molar-refractivity contribution is -0.911. The van der Waals surface area contributed by atoms with Crippen LogP contribution in [-0.2, 0) is 4.74 Å². The van der Waals surface area contributed by atoms with Gasteiger partial charge in [0, 0.05) is 6.54 Å². The summed E-state index contributed by atoms with van der Waals surface area (Å²) in [6.45, 7) is 8.30. The number of rotatable bonds is 7. The molecule has 0 aromatic carbocycles. The predicted molar refractivity (Wildman–Crippen MR) is 61.5 cm³/mol. The maximum atomic E-state index is 5.57. The number of quaternary nitrogens is 1. The van der Waals surface area contributed by atoms with Crippen molar-refractivity contribution in [2.24, 2.45) is 0 Å². The molecule has 0 fully saturated rings. The Morgan fingerprint density at radius 3 is 2.14 bits per heavy atom. The maximum Gasteiger partial charge on any atom is 0.102 e. The molecular weight excluding hydrogens is 176 g/mol. The minimum atomic E-state index is 0.660. The number of likely N-dealkylation sites (N-methyl/N-ethyl adjacent to an activating group) is 2. The van der Waals surface area contributed by atoms with Gasteiger partial charge < -0.3 is 14.1 Å². The van der Waals surface area contributed by atoms with E-state index in [2.05, 4.69) is 46.9 Å². The van der Waals surface area contributed by atoms with Gasteiger partial charge in [-0.25, -0.2) is 0 Å². The summed E-state index contributed by atoms with van der Waals surface area (Å²) in [6.07, 6.45) is 0. The van der Waals surface area contributed by atoms with Crippen LogP contribution in [0.1, 0.15) is 13.8 Å². The van der Waals surface area contributed by atoms with Gasteiger partial charge in [-0.05, 0) is 27.9 Å². The largest absolute Gasteiger partial charge is 0.374 e. The monoisotopic (exact) mass is 203 g/mol. The van der Waals surface area contributed by atoms with Crippen LogP contribution in [0.15, 0.2) is 0 Å². The lowest BCUT2D eigenvalue weighted by Gasteiger charge is -2.34. The second-order valence-electron chi connectivity index (χ2n) is 5.01. The molecule has 3 heteroatoms. The maximum absolute atomic E-state index is 5.57. The summed E-state index contributed by atoms with van der Waals surface area (Å²) in [5.41, 5.74) is 0. The van der Waals surface area contributed by atoms with Crippen LogP contribution in [0.4, 0.5) is 0 Å². The molecule has 0 bridgehead atoms. The van der Waals surface area contributed by atoms with Crippen molar-refractivity contribution in [2.75, 3.05) is 54.5 Å². The first-order valence-electron chi connectivity index (χ1n) is 5.41. The quantitative estimate of drug-likeness (QED) is 0.453. The van der Waals surface area contributed by atoms with E-state index in [4.69, 9.17) is 4.74 Å². The number of nitrogens with zero attached hydrogens (tertiary/aromatic N) is 2. The average molecular weight is 203 g/mol. The molecule has 0 aromatic heterocycles. The van der Waals surface area contributed by atoms with Crippen molar-refractivity contribution >= 4 is 0 Å². The lowest BCUT2D eigenvalue weighted by Crippen LogP contribution is -2.47. The van der Waals surface area contributed by atoms with Gasteiger partial charge in [-0.2, -0.15) is 0 Å². The fraction of sp³-hybridized carbons (Fsp3) is 1.00. The molecule has 0 aliphatic heterocycles. The van der Waals surface area contributed by atoms with Crippen molar-refractivity contribution < 1.29 is 9.22 Å². The zero-order valence-electron chi connectivity index (χ0n) is 10.7. The van der Waals surface area contributed by atoms with Gasteiger partial charge in [0.05, 0.1) is 33.4 Å². The molecule has 86 valence electrons. The zero-order chi connectivity index (χ0) is 11.2. The molecule has 0 aromatic rings. The van der Waals surface area contributed by atoms with E-state index in [9.17, 15) is 0 Å².